The van der Waals surface area contributed by atoms with Crippen LogP contribution in [0.5, 0.6) is 0 Å². The van der Waals surface area contributed by atoms with E-state index in [1.807, 2.05) is 6.92 Å². The zero-order valence-electron chi connectivity index (χ0n) is 11.7. The van der Waals surface area contributed by atoms with Crippen molar-refractivity contribution in [2.45, 2.75) is 64.5 Å². The van der Waals surface area contributed by atoms with E-state index in [2.05, 4.69) is 5.32 Å². The predicted octanol–water partition coefficient (Wildman–Crippen LogP) is 1.86. The summed E-state index contributed by atoms with van der Waals surface area (Å²) in [6.07, 6.45) is 6.34. The maximum atomic E-state index is 11.9. The number of rotatable bonds is 7. The smallest absolute Gasteiger partial charge is 0.249 e. The van der Waals surface area contributed by atoms with Crippen molar-refractivity contribution in [3.05, 3.63) is 0 Å². The second-order valence-electron chi connectivity index (χ2n) is 5.12. The van der Waals surface area contributed by atoms with Crippen molar-refractivity contribution in [1.82, 2.24) is 5.32 Å². The van der Waals surface area contributed by atoms with Crippen molar-refractivity contribution < 1.29 is 14.6 Å². The van der Waals surface area contributed by atoms with E-state index in [4.69, 9.17) is 9.84 Å². The van der Waals surface area contributed by atoms with Gasteiger partial charge in [0.05, 0.1) is 0 Å². The lowest BCUT2D eigenvalue weighted by atomic mass is 9.82. The molecule has 4 nitrogen and oxygen atoms in total. The molecule has 2 N–H and O–H groups in total. The second-order valence-corrected chi connectivity index (χ2v) is 5.12. The minimum atomic E-state index is -0.403. The van der Waals surface area contributed by atoms with Crippen LogP contribution in [0.2, 0.25) is 0 Å². The molecular formula is C14H27NO3. The Labute approximate surface area is 110 Å². The second kappa shape index (κ2) is 8.48. The molecule has 0 aliphatic heterocycles. The summed E-state index contributed by atoms with van der Waals surface area (Å²) in [5.74, 6) is 0.463. The molecule has 1 rings (SSSR count). The van der Waals surface area contributed by atoms with Crippen LogP contribution in [0.1, 0.15) is 52.4 Å². The van der Waals surface area contributed by atoms with E-state index >= 15 is 0 Å². The van der Waals surface area contributed by atoms with E-state index in [0.717, 1.165) is 12.8 Å². The number of aliphatic hydroxyl groups is 1. The first kappa shape index (κ1) is 15.4. The molecule has 106 valence electrons. The average molecular weight is 257 g/mol. The van der Waals surface area contributed by atoms with Gasteiger partial charge in [-0.05, 0) is 39.0 Å². The van der Waals surface area contributed by atoms with E-state index in [1.165, 1.54) is 19.3 Å². The summed E-state index contributed by atoms with van der Waals surface area (Å²) in [5, 5.41) is 12.2. The molecule has 18 heavy (non-hydrogen) atoms. The first-order valence-electron chi connectivity index (χ1n) is 7.21. The Morgan fingerprint density at radius 1 is 1.39 bits per heavy atom. The van der Waals surface area contributed by atoms with Crippen molar-refractivity contribution >= 4 is 5.91 Å². The van der Waals surface area contributed by atoms with E-state index in [1.54, 1.807) is 6.92 Å². The zero-order valence-corrected chi connectivity index (χ0v) is 11.7. The van der Waals surface area contributed by atoms with Gasteiger partial charge in [-0.25, -0.2) is 0 Å². The van der Waals surface area contributed by atoms with E-state index in [9.17, 15) is 4.79 Å². The highest BCUT2D eigenvalue weighted by Gasteiger charge is 2.26. The van der Waals surface area contributed by atoms with Gasteiger partial charge in [0, 0.05) is 19.3 Å². The Morgan fingerprint density at radius 2 is 2.06 bits per heavy atom. The number of hydrogen-bond donors (Lipinski definition) is 2. The highest BCUT2D eigenvalue weighted by atomic mass is 16.5. The average Bonchev–Trinajstić information content (AvgIpc) is 2.39. The van der Waals surface area contributed by atoms with Crippen LogP contribution >= 0.6 is 0 Å². The molecule has 1 aliphatic carbocycles. The van der Waals surface area contributed by atoms with Gasteiger partial charge >= 0.3 is 0 Å². The number of amides is 1. The number of aliphatic hydroxyl groups excluding tert-OH is 1. The van der Waals surface area contributed by atoms with Gasteiger partial charge in [-0.1, -0.05) is 19.3 Å². The van der Waals surface area contributed by atoms with E-state index in [-0.39, 0.29) is 18.6 Å². The number of ether oxygens (including phenoxy) is 1. The molecule has 0 aromatic carbocycles. The lowest BCUT2D eigenvalue weighted by molar-refractivity contribution is -0.132. The topological polar surface area (TPSA) is 58.6 Å². The predicted molar refractivity (Wildman–Crippen MR) is 71.3 cm³/mol. The van der Waals surface area contributed by atoms with Gasteiger partial charge < -0.3 is 15.2 Å². The number of carbonyl (C=O) groups is 1. The van der Waals surface area contributed by atoms with Crippen molar-refractivity contribution in [3.63, 3.8) is 0 Å². The fraction of sp³-hybridized carbons (Fsp3) is 0.929. The van der Waals surface area contributed by atoms with Crippen LogP contribution in [0.3, 0.4) is 0 Å². The van der Waals surface area contributed by atoms with Crippen molar-refractivity contribution in [2.24, 2.45) is 5.92 Å². The summed E-state index contributed by atoms with van der Waals surface area (Å²) in [6.45, 7) is 4.33. The van der Waals surface area contributed by atoms with Crippen molar-refractivity contribution in [3.8, 4) is 0 Å². The van der Waals surface area contributed by atoms with Crippen LogP contribution in [-0.2, 0) is 9.53 Å². The Kier molecular flexibility index (Phi) is 7.28. The number of nitrogens with one attached hydrogen (secondary N) is 1. The third-order valence-corrected chi connectivity index (χ3v) is 3.77. The molecule has 2 unspecified atom stereocenters. The number of carbonyl (C=O) groups excluding carboxylic acids is 1. The summed E-state index contributed by atoms with van der Waals surface area (Å²) in [7, 11) is 0. The van der Waals surface area contributed by atoms with Crippen LogP contribution in [0.25, 0.3) is 0 Å². The standard InChI is InChI=1S/C14H27NO3/c1-3-18-11(2)14(17)15-13(9-10-16)12-7-5-4-6-8-12/h11-13,16H,3-10H2,1-2H3,(H,15,17). The lowest BCUT2D eigenvalue weighted by Gasteiger charge is -2.31. The molecule has 1 saturated carbocycles. The summed E-state index contributed by atoms with van der Waals surface area (Å²) in [4.78, 5) is 11.9. The molecule has 1 aliphatic rings. The summed E-state index contributed by atoms with van der Waals surface area (Å²) in [6, 6.07) is 0.103. The third kappa shape index (κ3) is 4.94. The van der Waals surface area contributed by atoms with Gasteiger partial charge in [-0.15, -0.1) is 0 Å². The molecule has 1 amide bonds. The highest BCUT2D eigenvalue weighted by Crippen LogP contribution is 2.27. The molecule has 0 spiro atoms. The Morgan fingerprint density at radius 3 is 2.61 bits per heavy atom. The summed E-state index contributed by atoms with van der Waals surface area (Å²) >= 11 is 0. The van der Waals surface area contributed by atoms with Gasteiger partial charge in [0.25, 0.3) is 0 Å². The van der Waals surface area contributed by atoms with Gasteiger partial charge in [-0.2, -0.15) is 0 Å². The largest absolute Gasteiger partial charge is 0.396 e. The first-order chi connectivity index (χ1) is 8.69. The van der Waals surface area contributed by atoms with Crippen LogP contribution in [0.15, 0.2) is 0 Å². The summed E-state index contributed by atoms with van der Waals surface area (Å²) in [5.41, 5.74) is 0. The summed E-state index contributed by atoms with van der Waals surface area (Å²) < 4.78 is 5.30. The monoisotopic (exact) mass is 257 g/mol. The van der Waals surface area contributed by atoms with Gasteiger partial charge in [0.1, 0.15) is 6.10 Å². The van der Waals surface area contributed by atoms with Gasteiger partial charge in [0.2, 0.25) is 5.91 Å². The molecule has 0 heterocycles. The fourth-order valence-electron chi connectivity index (χ4n) is 2.73. The number of hydrogen-bond acceptors (Lipinski definition) is 3. The van der Waals surface area contributed by atoms with Crippen LogP contribution in [0.4, 0.5) is 0 Å². The Balaban J connectivity index is 2.47. The van der Waals surface area contributed by atoms with Gasteiger partial charge in [-0.3, -0.25) is 4.79 Å². The first-order valence-corrected chi connectivity index (χ1v) is 7.21. The highest BCUT2D eigenvalue weighted by molar-refractivity contribution is 5.80. The molecule has 0 aromatic heterocycles. The van der Waals surface area contributed by atoms with Gasteiger partial charge in [0.15, 0.2) is 0 Å². The normalized spacial score (nSPS) is 20.4. The molecule has 0 saturated heterocycles. The molecular weight excluding hydrogens is 230 g/mol. The SMILES string of the molecule is CCOC(C)C(=O)NC(CCO)C1CCCCC1. The Bertz CT molecular complexity index is 239. The lowest BCUT2D eigenvalue weighted by Crippen LogP contribution is -2.46. The minimum absolute atomic E-state index is 0.0547. The Hall–Kier alpha value is -0.610. The minimum Gasteiger partial charge on any atom is -0.396 e. The van der Waals surface area contributed by atoms with Crippen molar-refractivity contribution in [1.29, 1.82) is 0 Å². The quantitative estimate of drug-likeness (QED) is 0.732. The van der Waals surface area contributed by atoms with Crippen LogP contribution in [-0.4, -0.2) is 36.4 Å². The molecule has 0 aromatic rings. The fourth-order valence-corrected chi connectivity index (χ4v) is 2.73. The maximum Gasteiger partial charge on any atom is 0.249 e. The molecule has 2 atom stereocenters. The maximum absolute atomic E-state index is 11.9. The van der Waals surface area contributed by atoms with Crippen LogP contribution < -0.4 is 5.32 Å². The van der Waals surface area contributed by atoms with Crippen molar-refractivity contribution in [2.75, 3.05) is 13.2 Å². The zero-order chi connectivity index (χ0) is 13.4. The third-order valence-electron chi connectivity index (χ3n) is 3.77. The molecule has 0 radical (unpaired) electrons. The van der Waals surface area contributed by atoms with E-state index in [0.29, 0.717) is 18.9 Å². The molecule has 4 heteroatoms. The van der Waals surface area contributed by atoms with E-state index < -0.39 is 6.10 Å². The molecule has 1 fully saturated rings. The molecule has 0 bridgehead atoms. The van der Waals surface area contributed by atoms with Crippen LogP contribution in [0, 0.1) is 5.92 Å².